The van der Waals surface area contributed by atoms with Crippen molar-refractivity contribution >= 4 is 11.3 Å². The van der Waals surface area contributed by atoms with E-state index in [1.54, 1.807) is 12.1 Å². The summed E-state index contributed by atoms with van der Waals surface area (Å²) in [6, 6.07) is 4.84. The summed E-state index contributed by atoms with van der Waals surface area (Å²) in [5.74, 6) is -0.131. The summed E-state index contributed by atoms with van der Waals surface area (Å²) in [6.45, 7) is 0.570. The molecule has 90 valence electrons. The van der Waals surface area contributed by atoms with Crippen molar-refractivity contribution in [3.63, 3.8) is 0 Å². The first-order chi connectivity index (χ1) is 8.24. The smallest absolute Gasteiger partial charge is 0.165 e. The van der Waals surface area contributed by atoms with E-state index in [1.165, 1.54) is 24.5 Å². The highest BCUT2D eigenvalue weighted by atomic mass is 32.1. The average Bonchev–Trinajstić information content (AvgIpc) is 2.78. The minimum atomic E-state index is -0.374. The Bertz CT molecular complexity index is 513. The molecule has 2 N–H and O–H groups in total. The van der Waals surface area contributed by atoms with Gasteiger partial charge in [-0.15, -0.1) is 11.3 Å². The third-order valence-electron chi connectivity index (χ3n) is 2.35. The third-order valence-corrected chi connectivity index (χ3v) is 3.29. The predicted octanol–water partition coefficient (Wildman–Crippen LogP) is 2.46. The van der Waals surface area contributed by atoms with E-state index in [-0.39, 0.29) is 11.6 Å². The molecule has 0 spiro atoms. The van der Waals surface area contributed by atoms with Crippen molar-refractivity contribution in [2.75, 3.05) is 13.7 Å². The summed E-state index contributed by atoms with van der Waals surface area (Å²) in [5, 5.41) is 2.75. The molecule has 17 heavy (non-hydrogen) atoms. The maximum Gasteiger partial charge on any atom is 0.165 e. The van der Waals surface area contributed by atoms with E-state index >= 15 is 0 Å². The molecule has 0 atom stereocenters. The van der Waals surface area contributed by atoms with Crippen LogP contribution in [0.2, 0.25) is 0 Å². The van der Waals surface area contributed by atoms with Gasteiger partial charge in [-0.1, -0.05) is 0 Å². The normalized spacial score (nSPS) is 10.5. The van der Waals surface area contributed by atoms with Crippen molar-refractivity contribution in [3.8, 4) is 16.3 Å². The van der Waals surface area contributed by atoms with Gasteiger partial charge in [0.2, 0.25) is 0 Å². The molecule has 1 aromatic carbocycles. The van der Waals surface area contributed by atoms with E-state index in [4.69, 9.17) is 10.5 Å². The molecule has 0 unspecified atom stereocenters. The average molecular weight is 252 g/mol. The Kier molecular flexibility index (Phi) is 3.71. The van der Waals surface area contributed by atoms with E-state index in [1.807, 2.05) is 5.38 Å². The zero-order valence-corrected chi connectivity index (χ0v) is 10.3. The number of rotatable bonds is 4. The van der Waals surface area contributed by atoms with Gasteiger partial charge in [0, 0.05) is 17.4 Å². The van der Waals surface area contributed by atoms with E-state index in [0.29, 0.717) is 6.54 Å². The molecule has 0 aliphatic heterocycles. The van der Waals surface area contributed by atoms with E-state index in [2.05, 4.69) is 4.98 Å². The molecule has 0 amide bonds. The molecule has 0 aliphatic carbocycles. The maximum absolute atomic E-state index is 13.5. The zero-order valence-electron chi connectivity index (χ0n) is 9.44. The van der Waals surface area contributed by atoms with Gasteiger partial charge in [0.25, 0.3) is 0 Å². The highest BCUT2D eigenvalue weighted by Gasteiger charge is 2.08. The van der Waals surface area contributed by atoms with Crippen LogP contribution in [0.15, 0.2) is 23.6 Å². The van der Waals surface area contributed by atoms with Crippen LogP contribution in [-0.2, 0) is 6.42 Å². The first kappa shape index (κ1) is 12.0. The molecule has 0 bridgehead atoms. The van der Waals surface area contributed by atoms with Gasteiger partial charge < -0.3 is 10.5 Å². The summed E-state index contributed by atoms with van der Waals surface area (Å²) in [4.78, 5) is 4.40. The highest BCUT2D eigenvalue weighted by Crippen LogP contribution is 2.27. The number of nitrogens with zero attached hydrogens (tertiary/aromatic N) is 1. The monoisotopic (exact) mass is 252 g/mol. The largest absolute Gasteiger partial charge is 0.494 e. The first-order valence-corrected chi connectivity index (χ1v) is 6.11. The van der Waals surface area contributed by atoms with Gasteiger partial charge in [-0.05, 0) is 24.7 Å². The lowest BCUT2D eigenvalue weighted by molar-refractivity contribution is 0.386. The van der Waals surface area contributed by atoms with Crippen molar-refractivity contribution < 1.29 is 9.13 Å². The maximum atomic E-state index is 13.5. The molecule has 1 heterocycles. The van der Waals surface area contributed by atoms with Crippen molar-refractivity contribution in [3.05, 3.63) is 35.1 Å². The molecule has 5 heteroatoms. The van der Waals surface area contributed by atoms with Crippen molar-refractivity contribution in [2.24, 2.45) is 5.73 Å². The fourth-order valence-electron chi connectivity index (χ4n) is 1.50. The van der Waals surface area contributed by atoms with E-state index in [0.717, 1.165) is 22.7 Å². The van der Waals surface area contributed by atoms with Crippen LogP contribution >= 0.6 is 11.3 Å². The van der Waals surface area contributed by atoms with Crippen LogP contribution in [0.5, 0.6) is 5.75 Å². The quantitative estimate of drug-likeness (QED) is 0.909. The van der Waals surface area contributed by atoms with Crippen LogP contribution in [0.1, 0.15) is 5.69 Å². The molecule has 3 nitrogen and oxygen atoms in total. The Morgan fingerprint density at radius 2 is 2.29 bits per heavy atom. The lowest BCUT2D eigenvalue weighted by atomic mass is 10.2. The number of hydrogen-bond donors (Lipinski definition) is 1. The van der Waals surface area contributed by atoms with Gasteiger partial charge in [-0.2, -0.15) is 0 Å². The molecule has 0 radical (unpaired) electrons. The summed E-state index contributed by atoms with van der Waals surface area (Å²) in [5.41, 5.74) is 7.17. The van der Waals surface area contributed by atoms with Gasteiger partial charge in [-0.25, -0.2) is 9.37 Å². The molecule has 0 aliphatic rings. The van der Waals surface area contributed by atoms with Gasteiger partial charge in [-0.3, -0.25) is 0 Å². The Balaban J connectivity index is 2.29. The van der Waals surface area contributed by atoms with E-state index < -0.39 is 0 Å². The SMILES string of the molecule is COc1ccc(-c2nc(CCN)cs2)cc1F. The molecule has 2 rings (SSSR count). The number of benzene rings is 1. The second-order valence-electron chi connectivity index (χ2n) is 3.53. The molecule has 2 aromatic rings. The van der Waals surface area contributed by atoms with Gasteiger partial charge in [0.1, 0.15) is 5.01 Å². The Hall–Kier alpha value is -1.46. The fraction of sp³-hybridized carbons (Fsp3) is 0.250. The Morgan fingerprint density at radius 3 is 2.94 bits per heavy atom. The third kappa shape index (κ3) is 2.62. The van der Waals surface area contributed by atoms with Crippen LogP contribution in [0.4, 0.5) is 4.39 Å². The summed E-state index contributed by atoms with van der Waals surface area (Å²) in [7, 11) is 1.45. The Labute approximate surface area is 103 Å². The zero-order chi connectivity index (χ0) is 12.3. The number of methoxy groups -OCH3 is 1. The number of halogens is 1. The van der Waals surface area contributed by atoms with E-state index in [9.17, 15) is 4.39 Å². The topological polar surface area (TPSA) is 48.1 Å². The molecule has 1 aromatic heterocycles. The minimum Gasteiger partial charge on any atom is -0.494 e. The van der Waals surface area contributed by atoms with Crippen LogP contribution < -0.4 is 10.5 Å². The van der Waals surface area contributed by atoms with Gasteiger partial charge in [0.15, 0.2) is 11.6 Å². The molecular weight excluding hydrogens is 239 g/mol. The number of nitrogens with two attached hydrogens (primary N) is 1. The lowest BCUT2D eigenvalue weighted by Gasteiger charge is -2.02. The molecule has 0 fully saturated rings. The Morgan fingerprint density at radius 1 is 1.47 bits per heavy atom. The summed E-state index contributed by atoms with van der Waals surface area (Å²) >= 11 is 1.49. The second kappa shape index (κ2) is 5.25. The lowest BCUT2D eigenvalue weighted by Crippen LogP contribution is -2.02. The van der Waals surface area contributed by atoms with Gasteiger partial charge >= 0.3 is 0 Å². The highest BCUT2D eigenvalue weighted by molar-refractivity contribution is 7.13. The first-order valence-electron chi connectivity index (χ1n) is 5.23. The molecule has 0 saturated heterocycles. The van der Waals surface area contributed by atoms with Crippen molar-refractivity contribution in [1.82, 2.24) is 4.98 Å². The standard InChI is InChI=1S/C12H13FN2OS/c1-16-11-3-2-8(6-10(11)13)12-15-9(4-5-14)7-17-12/h2-3,6-7H,4-5,14H2,1H3. The summed E-state index contributed by atoms with van der Waals surface area (Å²) < 4.78 is 18.4. The predicted molar refractivity (Wildman–Crippen MR) is 66.8 cm³/mol. The van der Waals surface area contributed by atoms with Crippen LogP contribution in [0.3, 0.4) is 0 Å². The van der Waals surface area contributed by atoms with Crippen LogP contribution in [0.25, 0.3) is 10.6 Å². The molecule has 0 saturated carbocycles. The number of ether oxygens (including phenoxy) is 1. The summed E-state index contributed by atoms with van der Waals surface area (Å²) in [6.07, 6.45) is 0.745. The number of aromatic nitrogens is 1. The number of hydrogen-bond acceptors (Lipinski definition) is 4. The minimum absolute atomic E-state index is 0.243. The van der Waals surface area contributed by atoms with Crippen LogP contribution in [-0.4, -0.2) is 18.6 Å². The number of thiazole rings is 1. The van der Waals surface area contributed by atoms with Crippen LogP contribution in [0, 0.1) is 5.82 Å². The fourth-order valence-corrected chi connectivity index (χ4v) is 2.35. The second-order valence-corrected chi connectivity index (χ2v) is 4.39. The van der Waals surface area contributed by atoms with Crippen molar-refractivity contribution in [1.29, 1.82) is 0 Å². The van der Waals surface area contributed by atoms with Gasteiger partial charge in [0.05, 0.1) is 12.8 Å². The molecular formula is C12H13FN2OS. The van der Waals surface area contributed by atoms with Crippen molar-refractivity contribution in [2.45, 2.75) is 6.42 Å².